The highest BCUT2D eigenvalue weighted by Crippen LogP contribution is 2.30. The fourth-order valence-corrected chi connectivity index (χ4v) is 4.90. The number of piperidine rings is 1. The molecule has 6 nitrogen and oxygen atoms in total. The fraction of sp³-hybridized carbons (Fsp3) is 0.357. The van der Waals surface area contributed by atoms with Crippen molar-refractivity contribution in [1.82, 2.24) is 20.5 Å². The number of ether oxygens (including phenoxy) is 1. The first-order valence-corrected chi connectivity index (χ1v) is 12.1. The van der Waals surface area contributed by atoms with Gasteiger partial charge in [0.2, 0.25) is 0 Å². The SMILES string of the molecule is COc1ccc(CCNCc2ccnc(-c3ccc4c(c3)CN(C3CCCNC3)C4=O)c2)cc1. The number of carbonyl (C=O) groups is 1. The first-order valence-electron chi connectivity index (χ1n) is 12.1. The van der Waals surface area contributed by atoms with Gasteiger partial charge in [0.15, 0.2) is 0 Å². The van der Waals surface area contributed by atoms with Gasteiger partial charge in [0, 0.05) is 43.0 Å². The zero-order chi connectivity index (χ0) is 23.3. The van der Waals surface area contributed by atoms with Crippen molar-refractivity contribution in [2.75, 3.05) is 26.7 Å². The summed E-state index contributed by atoms with van der Waals surface area (Å²) in [4.78, 5) is 19.6. The predicted molar refractivity (Wildman–Crippen MR) is 134 cm³/mol. The zero-order valence-corrected chi connectivity index (χ0v) is 19.7. The Hall–Kier alpha value is -3.22. The molecule has 1 saturated heterocycles. The Morgan fingerprint density at radius 3 is 2.79 bits per heavy atom. The number of benzene rings is 2. The zero-order valence-electron chi connectivity index (χ0n) is 19.7. The van der Waals surface area contributed by atoms with E-state index in [2.05, 4.69) is 45.9 Å². The summed E-state index contributed by atoms with van der Waals surface area (Å²) in [5.74, 6) is 1.05. The van der Waals surface area contributed by atoms with E-state index in [1.165, 1.54) is 11.1 Å². The van der Waals surface area contributed by atoms with Gasteiger partial charge in [-0.1, -0.05) is 18.2 Å². The Morgan fingerprint density at radius 2 is 2.00 bits per heavy atom. The number of amides is 1. The van der Waals surface area contributed by atoms with Crippen LogP contribution in [0.1, 0.15) is 39.9 Å². The summed E-state index contributed by atoms with van der Waals surface area (Å²) in [6, 6.07) is 18.9. The Bertz CT molecular complexity index is 1140. The second kappa shape index (κ2) is 10.4. The Kier molecular flexibility index (Phi) is 6.88. The lowest BCUT2D eigenvalue weighted by atomic mass is 10.0. The number of rotatable bonds is 8. The number of hydrogen-bond donors (Lipinski definition) is 2. The summed E-state index contributed by atoms with van der Waals surface area (Å²) in [6.45, 7) is 4.32. The Morgan fingerprint density at radius 1 is 1.12 bits per heavy atom. The molecule has 6 heteroatoms. The van der Waals surface area contributed by atoms with Gasteiger partial charge in [0.1, 0.15) is 5.75 Å². The minimum Gasteiger partial charge on any atom is -0.497 e. The number of carbonyl (C=O) groups excluding carboxylic acids is 1. The third-order valence-corrected chi connectivity index (χ3v) is 6.85. The van der Waals surface area contributed by atoms with Crippen LogP contribution in [-0.4, -0.2) is 48.6 Å². The molecule has 3 heterocycles. The molecule has 0 radical (unpaired) electrons. The fourth-order valence-electron chi connectivity index (χ4n) is 4.90. The van der Waals surface area contributed by atoms with E-state index in [0.717, 1.165) is 73.6 Å². The number of nitrogens with zero attached hydrogens (tertiary/aromatic N) is 2. The number of nitrogens with one attached hydrogen (secondary N) is 2. The third-order valence-electron chi connectivity index (χ3n) is 6.85. The molecule has 1 unspecified atom stereocenters. The molecule has 3 aromatic rings. The summed E-state index contributed by atoms with van der Waals surface area (Å²) in [5, 5.41) is 6.95. The molecular formula is C28H32N4O2. The largest absolute Gasteiger partial charge is 0.497 e. The van der Waals surface area contributed by atoms with Crippen LogP contribution >= 0.6 is 0 Å². The third kappa shape index (κ3) is 4.98. The maximum absolute atomic E-state index is 12.9. The highest BCUT2D eigenvalue weighted by molar-refractivity contribution is 5.99. The van der Waals surface area contributed by atoms with Crippen LogP contribution in [0.25, 0.3) is 11.3 Å². The molecule has 34 heavy (non-hydrogen) atoms. The van der Waals surface area contributed by atoms with Gasteiger partial charge in [-0.2, -0.15) is 0 Å². The predicted octanol–water partition coefficient (Wildman–Crippen LogP) is 3.80. The average molecular weight is 457 g/mol. The van der Waals surface area contributed by atoms with Crippen molar-refractivity contribution in [2.24, 2.45) is 0 Å². The summed E-state index contributed by atoms with van der Waals surface area (Å²) in [6.07, 6.45) is 5.04. The lowest BCUT2D eigenvalue weighted by Crippen LogP contribution is -2.46. The van der Waals surface area contributed by atoms with E-state index < -0.39 is 0 Å². The molecule has 1 atom stereocenters. The van der Waals surface area contributed by atoms with Crippen molar-refractivity contribution < 1.29 is 9.53 Å². The molecule has 1 fully saturated rings. The van der Waals surface area contributed by atoms with Crippen LogP contribution in [0.3, 0.4) is 0 Å². The molecule has 0 bridgehead atoms. The van der Waals surface area contributed by atoms with E-state index in [0.29, 0.717) is 12.6 Å². The highest BCUT2D eigenvalue weighted by Gasteiger charge is 2.33. The molecule has 1 amide bonds. The molecule has 176 valence electrons. The first kappa shape index (κ1) is 22.6. The van der Waals surface area contributed by atoms with E-state index in [9.17, 15) is 4.79 Å². The lowest BCUT2D eigenvalue weighted by Gasteiger charge is -2.31. The standard InChI is InChI=1S/C28H32N4O2/c1-34-25-7-4-20(5-8-25)10-13-30-17-21-11-14-31-27(15-21)22-6-9-26-23(16-22)19-32(28(26)33)24-3-2-12-29-18-24/h4-9,11,14-16,24,29-30H,2-3,10,12-13,17-19H2,1H3. The molecule has 5 rings (SSSR count). The summed E-state index contributed by atoms with van der Waals surface area (Å²) >= 11 is 0. The van der Waals surface area contributed by atoms with Crippen LogP contribution in [-0.2, 0) is 19.5 Å². The van der Waals surface area contributed by atoms with Crippen molar-refractivity contribution in [3.63, 3.8) is 0 Å². The molecule has 2 aliphatic heterocycles. The van der Waals surface area contributed by atoms with Crippen molar-refractivity contribution in [2.45, 2.75) is 38.4 Å². The van der Waals surface area contributed by atoms with Gasteiger partial charge < -0.3 is 20.3 Å². The van der Waals surface area contributed by atoms with Crippen LogP contribution in [0.5, 0.6) is 5.75 Å². The van der Waals surface area contributed by atoms with E-state index in [4.69, 9.17) is 4.74 Å². The monoisotopic (exact) mass is 456 g/mol. The van der Waals surface area contributed by atoms with Gasteiger partial charge in [0.05, 0.1) is 12.8 Å². The summed E-state index contributed by atoms with van der Waals surface area (Å²) < 4.78 is 5.22. The van der Waals surface area contributed by atoms with Crippen LogP contribution in [0.2, 0.25) is 0 Å². The van der Waals surface area contributed by atoms with E-state index in [-0.39, 0.29) is 5.91 Å². The Balaban J connectivity index is 1.20. The molecule has 1 aromatic heterocycles. The number of fused-ring (bicyclic) bond motifs is 1. The smallest absolute Gasteiger partial charge is 0.254 e. The molecule has 0 aliphatic carbocycles. The topological polar surface area (TPSA) is 66.5 Å². The van der Waals surface area contributed by atoms with Crippen molar-refractivity contribution in [3.8, 4) is 17.0 Å². The number of aromatic nitrogens is 1. The molecular weight excluding hydrogens is 424 g/mol. The maximum Gasteiger partial charge on any atom is 0.254 e. The van der Waals surface area contributed by atoms with E-state index >= 15 is 0 Å². The van der Waals surface area contributed by atoms with E-state index in [1.807, 2.05) is 35.4 Å². The van der Waals surface area contributed by atoms with Crippen LogP contribution in [0, 0.1) is 0 Å². The molecule has 2 N–H and O–H groups in total. The molecule has 0 spiro atoms. The average Bonchev–Trinajstić information content (AvgIpc) is 3.23. The Labute approximate surface area is 201 Å². The first-order chi connectivity index (χ1) is 16.7. The lowest BCUT2D eigenvalue weighted by molar-refractivity contribution is 0.0674. The number of methoxy groups -OCH3 is 1. The second-order valence-corrected chi connectivity index (χ2v) is 9.13. The van der Waals surface area contributed by atoms with E-state index in [1.54, 1.807) is 7.11 Å². The van der Waals surface area contributed by atoms with Gasteiger partial charge in [-0.15, -0.1) is 0 Å². The highest BCUT2D eigenvalue weighted by atomic mass is 16.5. The second-order valence-electron chi connectivity index (χ2n) is 9.13. The van der Waals surface area contributed by atoms with Crippen molar-refractivity contribution in [1.29, 1.82) is 0 Å². The molecule has 2 aliphatic rings. The number of pyridine rings is 1. The normalized spacial score (nSPS) is 17.6. The van der Waals surface area contributed by atoms with Gasteiger partial charge >= 0.3 is 0 Å². The van der Waals surface area contributed by atoms with Crippen LogP contribution in [0.15, 0.2) is 60.8 Å². The van der Waals surface area contributed by atoms with Gasteiger partial charge in [-0.3, -0.25) is 9.78 Å². The van der Waals surface area contributed by atoms with Gasteiger partial charge in [0.25, 0.3) is 5.91 Å². The summed E-state index contributed by atoms with van der Waals surface area (Å²) in [5.41, 5.74) is 6.45. The molecule has 0 saturated carbocycles. The van der Waals surface area contributed by atoms with Crippen molar-refractivity contribution >= 4 is 5.91 Å². The van der Waals surface area contributed by atoms with Gasteiger partial charge in [-0.25, -0.2) is 0 Å². The summed E-state index contributed by atoms with van der Waals surface area (Å²) in [7, 11) is 1.69. The maximum atomic E-state index is 12.9. The van der Waals surface area contributed by atoms with Gasteiger partial charge in [-0.05, 0) is 85.4 Å². The number of hydrogen-bond acceptors (Lipinski definition) is 5. The minimum absolute atomic E-state index is 0.165. The van der Waals surface area contributed by atoms with Crippen molar-refractivity contribution in [3.05, 3.63) is 83.0 Å². The quantitative estimate of drug-likeness (QED) is 0.505. The molecule has 2 aromatic carbocycles. The minimum atomic E-state index is 0.165. The van der Waals surface area contributed by atoms with Crippen LogP contribution in [0.4, 0.5) is 0 Å². The van der Waals surface area contributed by atoms with Crippen LogP contribution < -0.4 is 15.4 Å².